The summed E-state index contributed by atoms with van der Waals surface area (Å²) in [5.74, 6) is 0. The minimum Gasteiger partial charge on any atom is -0.387 e. The molecule has 0 amide bonds. The number of aliphatic hydroxyl groups excluding tert-OH is 1. The fraction of sp³-hybridized carbons (Fsp3) is 0.312. The number of aliphatic hydroxyl groups is 1. The van der Waals surface area contributed by atoms with Crippen LogP contribution in [-0.4, -0.2) is 17.1 Å². The van der Waals surface area contributed by atoms with E-state index >= 15 is 0 Å². The van der Waals surface area contributed by atoms with Gasteiger partial charge in [-0.25, -0.2) is 0 Å². The quantitative estimate of drug-likeness (QED) is 0.909. The second kappa shape index (κ2) is 6.73. The van der Waals surface area contributed by atoms with Crippen LogP contribution in [0.5, 0.6) is 0 Å². The second-order valence-electron chi connectivity index (χ2n) is 4.85. The maximum Gasteiger partial charge on any atom is 0.0957 e. The lowest BCUT2D eigenvalue weighted by Gasteiger charge is -2.19. The molecule has 0 aliphatic carbocycles. The summed E-state index contributed by atoms with van der Waals surface area (Å²) < 4.78 is 0. The highest BCUT2D eigenvalue weighted by molar-refractivity contribution is 6.30. The Morgan fingerprint density at radius 1 is 1.30 bits per heavy atom. The zero-order valence-electron chi connectivity index (χ0n) is 11.8. The Morgan fingerprint density at radius 3 is 2.70 bits per heavy atom. The molecule has 0 aliphatic rings. The molecule has 3 nitrogen and oxygen atoms in total. The van der Waals surface area contributed by atoms with Crippen molar-refractivity contribution in [2.24, 2.45) is 0 Å². The highest BCUT2D eigenvalue weighted by atomic mass is 35.5. The molecule has 1 N–H and O–H groups in total. The lowest BCUT2D eigenvalue weighted by atomic mass is 10.1. The smallest absolute Gasteiger partial charge is 0.0957 e. The van der Waals surface area contributed by atoms with Crippen molar-refractivity contribution in [2.45, 2.75) is 26.0 Å². The third kappa shape index (κ3) is 3.71. The van der Waals surface area contributed by atoms with Gasteiger partial charge in [-0.05, 0) is 36.2 Å². The summed E-state index contributed by atoms with van der Waals surface area (Å²) in [5, 5.41) is 10.5. The van der Waals surface area contributed by atoms with Crippen LogP contribution in [0.25, 0.3) is 0 Å². The molecule has 0 bridgehead atoms. The molecule has 2 rings (SSSR count). The van der Waals surface area contributed by atoms with Crippen molar-refractivity contribution in [3.8, 4) is 0 Å². The van der Waals surface area contributed by atoms with Crippen LogP contribution in [0.15, 0.2) is 42.6 Å². The Morgan fingerprint density at radius 2 is 2.10 bits per heavy atom. The Bertz CT molecular complexity index is 557. The summed E-state index contributed by atoms with van der Waals surface area (Å²) in [5.41, 5.74) is 2.88. The third-order valence-corrected chi connectivity index (χ3v) is 3.48. The van der Waals surface area contributed by atoms with E-state index in [1.54, 1.807) is 6.20 Å². The van der Waals surface area contributed by atoms with Gasteiger partial charge in [-0.3, -0.25) is 4.98 Å². The lowest BCUT2D eigenvalue weighted by molar-refractivity contribution is 0.169. The lowest BCUT2D eigenvalue weighted by Crippen LogP contribution is -2.16. The highest BCUT2D eigenvalue weighted by Crippen LogP contribution is 2.20. The van der Waals surface area contributed by atoms with E-state index in [1.165, 1.54) is 0 Å². The Labute approximate surface area is 124 Å². The number of aromatic nitrogens is 1. The largest absolute Gasteiger partial charge is 0.387 e. The van der Waals surface area contributed by atoms with Crippen LogP contribution in [0.1, 0.15) is 30.7 Å². The number of benzene rings is 1. The van der Waals surface area contributed by atoms with Crippen LogP contribution >= 0.6 is 11.6 Å². The molecule has 0 saturated carbocycles. The molecule has 0 spiro atoms. The van der Waals surface area contributed by atoms with Gasteiger partial charge in [0.25, 0.3) is 0 Å². The van der Waals surface area contributed by atoms with Gasteiger partial charge in [0.2, 0.25) is 0 Å². The van der Waals surface area contributed by atoms with E-state index in [0.29, 0.717) is 12.1 Å². The summed E-state index contributed by atoms with van der Waals surface area (Å²) in [4.78, 5) is 6.41. The van der Waals surface area contributed by atoms with Crippen LogP contribution in [0, 0.1) is 0 Å². The zero-order valence-corrected chi connectivity index (χ0v) is 12.5. The van der Waals surface area contributed by atoms with Crippen molar-refractivity contribution in [1.29, 1.82) is 0 Å². The predicted octanol–water partition coefficient (Wildman–Crippen LogP) is 3.81. The molecular weight excluding hydrogens is 272 g/mol. The standard InChI is InChI=1S/C16H19ClN2O/c1-3-16(20)15-8-7-14(10-18-15)19(2)11-12-5-4-6-13(17)9-12/h4-10,16,20H,3,11H2,1-2H3/t16-/m1/s1. The molecule has 0 radical (unpaired) electrons. The first kappa shape index (κ1) is 14.8. The number of halogens is 1. The monoisotopic (exact) mass is 290 g/mol. The minimum atomic E-state index is -0.484. The molecule has 1 heterocycles. The van der Waals surface area contributed by atoms with Gasteiger partial charge in [0.1, 0.15) is 0 Å². The normalized spacial score (nSPS) is 12.2. The van der Waals surface area contributed by atoms with Crippen LogP contribution in [0.4, 0.5) is 5.69 Å². The van der Waals surface area contributed by atoms with Gasteiger partial charge in [0.15, 0.2) is 0 Å². The number of pyridine rings is 1. The molecule has 20 heavy (non-hydrogen) atoms. The van der Waals surface area contributed by atoms with Crippen LogP contribution < -0.4 is 4.90 Å². The van der Waals surface area contributed by atoms with Crippen molar-refractivity contribution in [3.63, 3.8) is 0 Å². The van der Waals surface area contributed by atoms with Crippen LogP contribution in [0.2, 0.25) is 5.02 Å². The number of anilines is 1. The van der Waals surface area contributed by atoms with E-state index in [2.05, 4.69) is 9.88 Å². The molecule has 0 saturated heterocycles. The Hall–Kier alpha value is -1.58. The van der Waals surface area contributed by atoms with E-state index in [4.69, 9.17) is 11.6 Å². The van der Waals surface area contributed by atoms with Gasteiger partial charge in [-0.1, -0.05) is 30.7 Å². The van der Waals surface area contributed by atoms with Crippen molar-refractivity contribution in [1.82, 2.24) is 4.98 Å². The van der Waals surface area contributed by atoms with E-state index in [-0.39, 0.29) is 0 Å². The summed E-state index contributed by atoms with van der Waals surface area (Å²) >= 11 is 5.99. The van der Waals surface area contributed by atoms with Gasteiger partial charge >= 0.3 is 0 Å². The minimum absolute atomic E-state index is 0.484. The van der Waals surface area contributed by atoms with Gasteiger partial charge in [0, 0.05) is 18.6 Å². The number of rotatable bonds is 5. The summed E-state index contributed by atoms with van der Waals surface area (Å²) in [6, 6.07) is 11.7. The number of hydrogen-bond donors (Lipinski definition) is 1. The zero-order chi connectivity index (χ0) is 14.5. The van der Waals surface area contributed by atoms with E-state index in [1.807, 2.05) is 50.4 Å². The fourth-order valence-electron chi connectivity index (χ4n) is 2.03. The Kier molecular flexibility index (Phi) is 4.99. The van der Waals surface area contributed by atoms with E-state index in [0.717, 1.165) is 22.8 Å². The van der Waals surface area contributed by atoms with Gasteiger partial charge in [-0.15, -0.1) is 0 Å². The average molecular weight is 291 g/mol. The summed E-state index contributed by atoms with van der Waals surface area (Å²) in [7, 11) is 2.01. The first-order valence-corrected chi connectivity index (χ1v) is 7.07. The first-order chi connectivity index (χ1) is 9.60. The average Bonchev–Trinajstić information content (AvgIpc) is 2.46. The van der Waals surface area contributed by atoms with Gasteiger partial charge in [0.05, 0.1) is 23.7 Å². The highest BCUT2D eigenvalue weighted by Gasteiger charge is 2.08. The second-order valence-corrected chi connectivity index (χ2v) is 5.29. The SMILES string of the molecule is CC[C@@H](O)c1ccc(N(C)Cc2cccc(Cl)c2)cn1. The Balaban J connectivity index is 2.07. The van der Waals surface area contributed by atoms with E-state index < -0.39 is 6.10 Å². The number of nitrogens with zero attached hydrogens (tertiary/aromatic N) is 2. The fourth-order valence-corrected chi connectivity index (χ4v) is 2.24. The first-order valence-electron chi connectivity index (χ1n) is 6.69. The van der Waals surface area contributed by atoms with Crippen molar-refractivity contribution < 1.29 is 5.11 Å². The molecule has 2 aromatic rings. The maximum atomic E-state index is 9.73. The molecule has 0 unspecified atom stereocenters. The van der Waals surface area contributed by atoms with Crippen molar-refractivity contribution in [3.05, 3.63) is 58.9 Å². The number of hydrogen-bond acceptors (Lipinski definition) is 3. The van der Waals surface area contributed by atoms with Gasteiger partial charge in [-0.2, -0.15) is 0 Å². The molecule has 0 aliphatic heterocycles. The molecule has 4 heteroatoms. The van der Waals surface area contributed by atoms with Gasteiger partial charge < -0.3 is 10.0 Å². The molecule has 0 fully saturated rings. The van der Waals surface area contributed by atoms with Crippen LogP contribution in [-0.2, 0) is 6.54 Å². The van der Waals surface area contributed by atoms with E-state index in [9.17, 15) is 5.11 Å². The summed E-state index contributed by atoms with van der Waals surface area (Å²) in [6.45, 7) is 2.70. The molecule has 1 aromatic heterocycles. The van der Waals surface area contributed by atoms with Crippen molar-refractivity contribution >= 4 is 17.3 Å². The molecule has 106 valence electrons. The molecule has 1 aromatic carbocycles. The predicted molar refractivity (Wildman–Crippen MR) is 83.0 cm³/mol. The topological polar surface area (TPSA) is 36.4 Å². The maximum absolute atomic E-state index is 9.73. The summed E-state index contributed by atoms with van der Waals surface area (Å²) in [6.07, 6.45) is 1.98. The van der Waals surface area contributed by atoms with Crippen LogP contribution in [0.3, 0.4) is 0 Å². The third-order valence-electron chi connectivity index (χ3n) is 3.25. The molecular formula is C16H19ClN2O. The van der Waals surface area contributed by atoms with Crippen molar-refractivity contribution in [2.75, 3.05) is 11.9 Å². The molecule has 1 atom stereocenters.